The van der Waals surface area contributed by atoms with Crippen LogP contribution in [0.3, 0.4) is 0 Å². The van der Waals surface area contributed by atoms with Crippen LogP contribution in [0, 0.1) is 6.92 Å². The molecule has 0 bridgehead atoms. The van der Waals surface area contributed by atoms with Crippen LogP contribution in [0.4, 0.5) is 11.4 Å². The zero-order chi connectivity index (χ0) is 40.8. The predicted octanol–water partition coefficient (Wildman–Crippen LogP) is 15.9. The first kappa shape index (κ1) is 35.6. The maximum Gasteiger partial charge on any atom is 0.135 e. The highest BCUT2D eigenvalue weighted by atomic mass is 16.3. The van der Waals surface area contributed by atoms with Crippen molar-refractivity contribution in [3.63, 3.8) is 0 Å². The average molecular weight is 785 g/mol. The zero-order valence-electron chi connectivity index (χ0n) is 34.6. The van der Waals surface area contributed by atoms with Gasteiger partial charge in [0, 0.05) is 49.7 Å². The molecular weight excluding hydrogens is 741 g/mol. The maximum absolute atomic E-state index is 6.18. The summed E-state index contributed by atoms with van der Waals surface area (Å²) in [5.41, 5.74) is 20.8. The van der Waals surface area contributed by atoms with E-state index in [0.29, 0.717) is 0 Å². The van der Waals surface area contributed by atoms with E-state index in [-0.39, 0.29) is 5.41 Å². The Morgan fingerprint density at radius 3 is 2.08 bits per heavy atom. The number of benzene rings is 8. The van der Waals surface area contributed by atoms with Gasteiger partial charge in [-0.2, -0.15) is 0 Å². The molecule has 0 saturated carbocycles. The van der Waals surface area contributed by atoms with Crippen LogP contribution in [-0.2, 0) is 5.41 Å². The van der Waals surface area contributed by atoms with Gasteiger partial charge in [-0.05, 0) is 143 Å². The minimum absolute atomic E-state index is 0.0627. The Hall–Kier alpha value is -7.36. The van der Waals surface area contributed by atoms with E-state index in [1.165, 1.54) is 89.0 Å². The van der Waals surface area contributed by atoms with Crippen LogP contribution in [0.15, 0.2) is 198 Å². The highest BCUT2D eigenvalue weighted by Crippen LogP contribution is 2.50. The topological polar surface area (TPSA) is 21.3 Å². The molecule has 0 spiro atoms. The first-order valence-corrected chi connectivity index (χ1v) is 21.5. The molecule has 10 aromatic rings. The summed E-state index contributed by atoms with van der Waals surface area (Å²) in [6, 6.07) is 64.6. The van der Waals surface area contributed by atoms with Crippen molar-refractivity contribution in [2.75, 3.05) is 4.90 Å². The number of anilines is 2. The van der Waals surface area contributed by atoms with Gasteiger partial charge in [0.2, 0.25) is 0 Å². The summed E-state index contributed by atoms with van der Waals surface area (Å²) in [6.45, 7) is 6.89. The first-order valence-electron chi connectivity index (χ1n) is 21.5. The van der Waals surface area contributed by atoms with Gasteiger partial charge in [0.15, 0.2) is 0 Å². The SMILES string of the molecule is Cc1ccc(N(C2=CC=C(c3cccc(-c4ccc5c(c4)c4ccccc4n5-c4ccc5oc6ccccc6c5c4)c3)CC2)c2ccc3c(c2)C(C)(C)c2ccccc2-3)cc1. The average Bonchev–Trinajstić information content (AvgIpc) is 3.92. The minimum atomic E-state index is -0.0627. The molecule has 0 atom stereocenters. The Kier molecular flexibility index (Phi) is 7.92. The van der Waals surface area contributed by atoms with E-state index in [9.17, 15) is 0 Å². The van der Waals surface area contributed by atoms with Crippen molar-refractivity contribution < 1.29 is 4.42 Å². The molecule has 3 heteroatoms. The number of allylic oxidation sites excluding steroid dienone is 4. The Balaban J connectivity index is 0.900. The number of rotatable bonds is 6. The maximum atomic E-state index is 6.18. The van der Waals surface area contributed by atoms with Crippen LogP contribution >= 0.6 is 0 Å². The van der Waals surface area contributed by atoms with Gasteiger partial charge in [-0.1, -0.05) is 129 Å². The van der Waals surface area contributed by atoms with Gasteiger partial charge < -0.3 is 13.9 Å². The third-order valence-electron chi connectivity index (χ3n) is 13.4. The normalized spacial score (nSPS) is 14.3. The second-order valence-corrected chi connectivity index (χ2v) is 17.4. The Morgan fingerprint density at radius 2 is 1.21 bits per heavy atom. The quantitative estimate of drug-likeness (QED) is 0.167. The van der Waals surface area contributed by atoms with Crippen LogP contribution < -0.4 is 4.90 Å². The standard InChI is InChI=1S/C58H44N2O/c1-37-19-24-42(25-20-37)59(45-28-30-47-46-13-4-7-16-52(46)58(2,3)53(47)36-45)43-26-21-38(22-27-43)39-11-10-12-40(33-39)41-23-31-55-50(34-41)48-14-5-8-17-54(48)60(55)44-29-32-57-51(35-44)49-15-6-9-18-56(49)61-57/h4-21,23-26,28-36H,22,27H2,1-3H3. The third kappa shape index (κ3) is 5.64. The molecule has 0 saturated heterocycles. The van der Waals surface area contributed by atoms with Crippen LogP contribution in [-0.4, -0.2) is 4.57 Å². The summed E-state index contributed by atoms with van der Waals surface area (Å²) in [7, 11) is 0. The molecule has 0 fully saturated rings. The van der Waals surface area contributed by atoms with Gasteiger partial charge in [-0.15, -0.1) is 0 Å². The molecule has 0 N–H and O–H groups in total. The fourth-order valence-electron chi connectivity index (χ4n) is 10.2. The van der Waals surface area contributed by atoms with Crippen LogP contribution in [0.2, 0.25) is 0 Å². The fourth-order valence-corrected chi connectivity index (χ4v) is 10.2. The molecule has 2 heterocycles. The third-order valence-corrected chi connectivity index (χ3v) is 13.4. The smallest absolute Gasteiger partial charge is 0.135 e. The van der Waals surface area contributed by atoms with Crippen LogP contribution in [0.5, 0.6) is 0 Å². The van der Waals surface area contributed by atoms with Gasteiger partial charge in [0.1, 0.15) is 11.2 Å². The summed E-state index contributed by atoms with van der Waals surface area (Å²) in [6.07, 6.45) is 6.60. The lowest BCUT2D eigenvalue weighted by molar-refractivity contribution is 0.660. The number of furan rings is 1. The molecule has 0 aliphatic heterocycles. The molecular formula is C58H44N2O. The van der Waals surface area contributed by atoms with E-state index < -0.39 is 0 Å². The van der Waals surface area contributed by atoms with Gasteiger partial charge in [0.05, 0.1) is 11.0 Å². The van der Waals surface area contributed by atoms with Gasteiger partial charge >= 0.3 is 0 Å². The lowest BCUT2D eigenvalue weighted by Crippen LogP contribution is -2.20. The summed E-state index contributed by atoms with van der Waals surface area (Å²) in [5.74, 6) is 0. The van der Waals surface area contributed by atoms with E-state index in [1.54, 1.807) is 0 Å². The monoisotopic (exact) mass is 784 g/mol. The minimum Gasteiger partial charge on any atom is -0.456 e. The highest BCUT2D eigenvalue weighted by Gasteiger charge is 2.36. The Labute approximate surface area is 356 Å². The lowest BCUT2D eigenvalue weighted by atomic mass is 9.82. The van der Waals surface area contributed by atoms with Crippen molar-refractivity contribution in [1.82, 2.24) is 4.57 Å². The number of fused-ring (bicyclic) bond motifs is 9. The molecule has 3 nitrogen and oxygen atoms in total. The van der Waals surface area contributed by atoms with Crippen molar-refractivity contribution in [1.29, 1.82) is 0 Å². The summed E-state index contributed by atoms with van der Waals surface area (Å²) >= 11 is 0. The van der Waals surface area contributed by atoms with Gasteiger partial charge in [-0.3, -0.25) is 0 Å². The summed E-state index contributed by atoms with van der Waals surface area (Å²) in [5, 5.41) is 4.76. The van der Waals surface area contributed by atoms with E-state index in [2.05, 4.69) is 206 Å². The second kappa shape index (κ2) is 13.6. The molecule has 0 amide bonds. The number of para-hydroxylation sites is 2. The summed E-state index contributed by atoms with van der Waals surface area (Å²) in [4.78, 5) is 2.48. The number of aromatic nitrogens is 1. The van der Waals surface area contributed by atoms with Crippen molar-refractivity contribution >= 4 is 60.7 Å². The number of hydrogen-bond donors (Lipinski definition) is 0. The summed E-state index contributed by atoms with van der Waals surface area (Å²) < 4.78 is 8.58. The molecule has 61 heavy (non-hydrogen) atoms. The molecule has 2 aliphatic rings. The highest BCUT2D eigenvalue weighted by molar-refractivity contribution is 6.11. The van der Waals surface area contributed by atoms with E-state index in [0.717, 1.165) is 40.5 Å². The van der Waals surface area contributed by atoms with Crippen LogP contribution in [0.25, 0.3) is 77.3 Å². The van der Waals surface area contributed by atoms with Gasteiger partial charge in [-0.25, -0.2) is 0 Å². The number of aryl methyl sites for hydroxylation is 1. The molecule has 292 valence electrons. The molecule has 0 radical (unpaired) electrons. The number of nitrogens with zero attached hydrogens (tertiary/aromatic N) is 2. The molecule has 8 aromatic carbocycles. The largest absolute Gasteiger partial charge is 0.456 e. The van der Waals surface area contributed by atoms with Gasteiger partial charge in [0.25, 0.3) is 0 Å². The first-order chi connectivity index (χ1) is 29.9. The van der Waals surface area contributed by atoms with Crippen molar-refractivity contribution in [2.45, 2.75) is 39.0 Å². The number of hydrogen-bond acceptors (Lipinski definition) is 2. The van der Waals surface area contributed by atoms with E-state index >= 15 is 0 Å². The van der Waals surface area contributed by atoms with E-state index in [1.807, 2.05) is 12.1 Å². The van der Waals surface area contributed by atoms with Crippen molar-refractivity contribution in [3.8, 4) is 27.9 Å². The second-order valence-electron chi connectivity index (χ2n) is 17.4. The lowest BCUT2D eigenvalue weighted by Gasteiger charge is -2.31. The molecule has 0 unspecified atom stereocenters. The molecule has 12 rings (SSSR count). The fraction of sp³-hybridized carbons (Fsp3) is 0.103. The van der Waals surface area contributed by atoms with E-state index in [4.69, 9.17) is 4.42 Å². The van der Waals surface area contributed by atoms with Crippen molar-refractivity contribution in [3.05, 3.63) is 216 Å². The molecule has 2 aliphatic carbocycles. The molecule has 2 aromatic heterocycles. The zero-order valence-corrected chi connectivity index (χ0v) is 34.6. The Morgan fingerprint density at radius 1 is 0.492 bits per heavy atom. The van der Waals surface area contributed by atoms with Crippen molar-refractivity contribution in [2.24, 2.45) is 0 Å². The Bertz CT molecular complexity index is 3460. The van der Waals surface area contributed by atoms with Crippen LogP contribution in [0.1, 0.15) is 48.9 Å². The predicted molar refractivity (Wildman–Crippen MR) is 256 cm³/mol.